The molecule has 0 radical (unpaired) electrons. The van der Waals surface area contributed by atoms with Crippen molar-refractivity contribution in [1.29, 1.82) is 0 Å². The summed E-state index contributed by atoms with van der Waals surface area (Å²) in [6.07, 6.45) is 0. The van der Waals surface area contributed by atoms with Crippen molar-refractivity contribution < 1.29 is 19.1 Å². The predicted octanol–water partition coefficient (Wildman–Crippen LogP) is 1.61. The number of hydrogen-bond donors (Lipinski definition) is 2. The van der Waals surface area contributed by atoms with Crippen LogP contribution >= 0.6 is 0 Å². The summed E-state index contributed by atoms with van der Waals surface area (Å²) in [6.45, 7) is 2.04. The summed E-state index contributed by atoms with van der Waals surface area (Å²) in [5, 5.41) is 11.4. The van der Waals surface area contributed by atoms with E-state index in [1.165, 1.54) is 18.2 Å². The summed E-state index contributed by atoms with van der Waals surface area (Å²) in [7, 11) is 0. The zero-order valence-corrected chi connectivity index (χ0v) is 10.2. The smallest absolute Gasteiger partial charge is 0.354 e. The van der Waals surface area contributed by atoms with Gasteiger partial charge in [-0.3, -0.25) is 4.79 Å². The number of carbonyl (C=O) groups is 2. The third-order valence-electron chi connectivity index (χ3n) is 2.42. The number of amides is 1. The third kappa shape index (κ3) is 3.19. The van der Waals surface area contributed by atoms with Gasteiger partial charge in [0, 0.05) is 0 Å². The Labute approximate surface area is 109 Å². The second-order valence-corrected chi connectivity index (χ2v) is 3.91. The largest absolute Gasteiger partial charge is 0.477 e. The summed E-state index contributed by atoms with van der Waals surface area (Å²) in [6, 6.07) is 7.81. The van der Waals surface area contributed by atoms with Gasteiger partial charge in [0.25, 0.3) is 5.91 Å². The van der Waals surface area contributed by atoms with Gasteiger partial charge in [-0.25, -0.2) is 9.78 Å². The van der Waals surface area contributed by atoms with Gasteiger partial charge in [-0.05, 0) is 31.2 Å². The lowest BCUT2D eigenvalue weighted by atomic mass is 10.3. The normalized spacial score (nSPS) is 10.2. The highest BCUT2D eigenvalue weighted by Gasteiger charge is 2.11. The van der Waals surface area contributed by atoms with Gasteiger partial charge < -0.3 is 14.8 Å². The number of nitrogens with zero attached hydrogens (tertiary/aromatic N) is 1. The fourth-order valence-electron chi connectivity index (χ4n) is 1.52. The number of aryl methyl sites for hydroxylation is 1. The molecule has 98 valence electrons. The molecule has 0 atom stereocenters. The highest BCUT2D eigenvalue weighted by atomic mass is 16.4. The monoisotopic (exact) mass is 260 g/mol. The first-order valence-electron chi connectivity index (χ1n) is 5.60. The maximum Gasteiger partial charge on any atom is 0.354 e. The second kappa shape index (κ2) is 5.34. The van der Waals surface area contributed by atoms with E-state index in [1.54, 1.807) is 12.1 Å². The molecular weight excluding hydrogens is 248 g/mol. The fourth-order valence-corrected chi connectivity index (χ4v) is 1.52. The number of furan rings is 1. The number of rotatable bonds is 4. The fraction of sp³-hybridized carbons (Fsp3) is 0.154. The van der Waals surface area contributed by atoms with Gasteiger partial charge in [0.2, 0.25) is 0 Å². The van der Waals surface area contributed by atoms with Crippen LogP contribution in [0.2, 0.25) is 0 Å². The zero-order chi connectivity index (χ0) is 13.8. The molecule has 0 bridgehead atoms. The van der Waals surface area contributed by atoms with Gasteiger partial charge >= 0.3 is 5.97 Å². The van der Waals surface area contributed by atoms with Gasteiger partial charge in [0.15, 0.2) is 0 Å². The molecule has 0 unspecified atom stereocenters. The van der Waals surface area contributed by atoms with Crippen LogP contribution in [0.1, 0.15) is 32.5 Å². The number of carboxylic acids is 1. The van der Waals surface area contributed by atoms with Crippen molar-refractivity contribution in [1.82, 2.24) is 10.3 Å². The van der Waals surface area contributed by atoms with Crippen LogP contribution in [0.15, 0.2) is 34.7 Å². The van der Waals surface area contributed by atoms with E-state index in [-0.39, 0.29) is 17.9 Å². The van der Waals surface area contributed by atoms with Crippen molar-refractivity contribution in [2.24, 2.45) is 0 Å². The van der Waals surface area contributed by atoms with E-state index in [0.29, 0.717) is 5.76 Å². The van der Waals surface area contributed by atoms with Crippen LogP contribution in [0, 0.1) is 6.92 Å². The first-order chi connectivity index (χ1) is 9.06. The maximum atomic E-state index is 11.8. The summed E-state index contributed by atoms with van der Waals surface area (Å²) in [5.41, 5.74) is -0.107. The van der Waals surface area contributed by atoms with Crippen LogP contribution in [-0.4, -0.2) is 22.0 Å². The van der Waals surface area contributed by atoms with Gasteiger partial charge in [0.05, 0.1) is 6.54 Å². The molecule has 6 heteroatoms. The van der Waals surface area contributed by atoms with E-state index < -0.39 is 11.9 Å². The first kappa shape index (κ1) is 12.8. The molecule has 6 nitrogen and oxygen atoms in total. The highest BCUT2D eigenvalue weighted by molar-refractivity contribution is 5.94. The first-order valence-corrected chi connectivity index (χ1v) is 5.60. The minimum absolute atomic E-state index is 0.0585. The molecule has 0 fully saturated rings. The highest BCUT2D eigenvalue weighted by Crippen LogP contribution is 2.06. The second-order valence-electron chi connectivity index (χ2n) is 3.91. The molecule has 2 aromatic rings. The summed E-state index contributed by atoms with van der Waals surface area (Å²) < 4.78 is 5.30. The molecule has 0 spiro atoms. The van der Waals surface area contributed by atoms with Crippen molar-refractivity contribution >= 4 is 11.9 Å². The number of pyridine rings is 1. The minimum atomic E-state index is -1.17. The molecule has 2 heterocycles. The van der Waals surface area contributed by atoms with Gasteiger partial charge in [-0.1, -0.05) is 6.07 Å². The number of aromatic carboxylic acids is 1. The maximum absolute atomic E-state index is 11.8. The van der Waals surface area contributed by atoms with Crippen LogP contribution in [0.3, 0.4) is 0 Å². The Balaban J connectivity index is 2.03. The lowest BCUT2D eigenvalue weighted by molar-refractivity contribution is 0.0690. The number of nitrogens with one attached hydrogen (secondary N) is 1. The Hall–Kier alpha value is -2.63. The Morgan fingerprint density at radius 3 is 2.63 bits per heavy atom. The Morgan fingerprint density at radius 2 is 2.00 bits per heavy atom. The molecule has 19 heavy (non-hydrogen) atoms. The van der Waals surface area contributed by atoms with Crippen LogP contribution in [0.25, 0.3) is 0 Å². The molecule has 1 amide bonds. The molecule has 0 aliphatic carbocycles. The lowest BCUT2D eigenvalue weighted by Crippen LogP contribution is -2.24. The van der Waals surface area contributed by atoms with Crippen molar-refractivity contribution in [2.75, 3.05) is 0 Å². The van der Waals surface area contributed by atoms with Crippen molar-refractivity contribution in [3.63, 3.8) is 0 Å². The predicted molar refractivity (Wildman–Crippen MR) is 65.8 cm³/mol. The number of hydrogen-bond acceptors (Lipinski definition) is 4. The van der Waals surface area contributed by atoms with E-state index in [0.717, 1.165) is 5.76 Å². The standard InChI is InChI=1S/C13H12N2O4/c1-8-5-6-9(19-8)7-14-12(16)10-3-2-4-11(15-10)13(17)18/h2-6H,7H2,1H3,(H,14,16)(H,17,18). The van der Waals surface area contributed by atoms with Crippen LogP contribution in [0.4, 0.5) is 0 Å². The molecule has 0 aliphatic rings. The molecular formula is C13H12N2O4. The zero-order valence-electron chi connectivity index (χ0n) is 10.2. The number of aromatic nitrogens is 1. The average Bonchev–Trinajstić information content (AvgIpc) is 2.82. The quantitative estimate of drug-likeness (QED) is 0.871. The molecule has 2 aromatic heterocycles. The molecule has 2 N–H and O–H groups in total. The summed E-state index contributed by atoms with van der Waals surface area (Å²) in [5.74, 6) is -0.232. The third-order valence-corrected chi connectivity index (χ3v) is 2.42. The molecule has 0 aromatic carbocycles. The van der Waals surface area contributed by atoms with Gasteiger partial charge in [-0.15, -0.1) is 0 Å². The molecule has 0 saturated carbocycles. The Bertz CT molecular complexity index is 619. The van der Waals surface area contributed by atoms with E-state index in [4.69, 9.17) is 9.52 Å². The molecule has 0 saturated heterocycles. The van der Waals surface area contributed by atoms with Crippen molar-refractivity contribution in [3.8, 4) is 0 Å². The van der Waals surface area contributed by atoms with Crippen molar-refractivity contribution in [2.45, 2.75) is 13.5 Å². The molecule has 0 aliphatic heterocycles. The van der Waals surface area contributed by atoms with Crippen LogP contribution in [0.5, 0.6) is 0 Å². The SMILES string of the molecule is Cc1ccc(CNC(=O)c2cccc(C(=O)O)n2)o1. The van der Waals surface area contributed by atoms with Crippen LogP contribution < -0.4 is 5.32 Å². The van der Waals surface area contributed by atoms with Gasteiger partial charge in [0.1, 0.15) is 22.9 Å². The average molecular weight is 260 g/mol. The van der Waals surface area contributed by atoms with E-state index in [2.05, 4.69) is 10.3 Å². The number of carbonyl (C=O) groups excluding carboxylic acids is 1. The van der Waals surface area contributed by atoms with Crippen LogP contribution in [-0.2, 0) is 6.54 Å². The van der Waals surface area contributed by atoms with E-state index in [9.17, 15) is 9.59 Å². The summed E-state index contributed by atoms with van der Waals surface area (Å²) >= 11 is 0. The Kier molecular flexibility index (Phi) is 3.61. The topological polar surface area (TPSA) is 92.4 Å². The minimum Gasteiger partial charge on any atom is -0.477 e. The summed E-state index contributed by atoms with van der Waals surface area (Å²) in [4.78, 5) is 26.3. The van der Waals surface area contributed by atoms with E-state index in [1.807, 2.05) is 6.92 Å². The number of carboxylic acid groups (broad SMARTS) is 1. The van der Waals surface area contributed by atoms with Gasteiger partial charge in [-0.2, -0.15) is 0 Å². The van der Waals surface area contributed by atoms with E-state index >= 15 is 0 Å². The Morgan fingerprint density at radius 1 is 1.26 bits per heavy atom. The lowest BCUT2D eigenvalue weighted by Gasteiger charge is -2.03. The van der Waals surface area contributed by atoms with Crippen molar-refractivity contribution in [3.05, 3.63) is 53.2 Å². The molecule has 2 rings (SSSR count).